The Hall–Kier alpha value is -2.96. The van der Waals surface area contributed by atoms with E-state index in [4.69, 9.17) is 4.74 Å². The monoisotopic (exact) mass is 270 g/mol. The molecule has 1 aromatic carbocycles. The second kappa shape index (κ2) is 4.96. The van der Waals surface area contributed by atoms with Crippen LogP contribution in [0.3, 0.4) is 0 Å². The number of rotatable bonds is 4. The molecule has 2 heterocycles. The maximum absolute atomic E-state index is 10.5. The summed E-state index contributed by atoms with van der Waals surface area (Å²) < 4.78 is 7.33. The van der Waals surface area contributed by atoms with Crippen LogP contribution in [-0.4, -0.2) is 19.3 Å². The molecular formula is C13H10N4O3. The van der Waals surface area contributed by atoms with Gasteiger partial charge in [0.1, 0.15) is 12.4 Å². The minimum Gasteiger partial charge on any atom is -0.487 e. The Morgan fingerprint density at radius 2 is 2.10 bits per heavy atom. The van der Waals surface area contributed by atoms with Crippen molar-refractivity contribution in [2.45, 2.75) is 6.61 Å². The first-order chi connectivity index (χ1) is 9.72. The van der Waals surface area contributed by atoms with E-state index in [9.17, 15) is 10.1 Å². The number of hydrogen-bond donors (Lipinski definition) is 0. The van der Waals surface area contributed by atoms with E-state index in [-0.39, 0.29) is 12.3 Å². The van der Waals surface area contributed by atoms with Gasteiger partial charge in [0.15, 0.2) is 0 Å². The lowest BCUT2D eigenvalue weighted by Gasteiger charge is -2.02. The van der Waals surface area contributed by atoms with Crippen LogP contribution in [0.25, 0.3) is 5.78 Å². The van der Waals surface area contributed by atoms with Crippen LogP contribution in [0.15, 0.2) is 48.9 Å². The number of fused-ring (bicyclic) bond motifs is 1. The average molecular weight is 270 g/mol. The minimum atomic E-state index is -0.447. The molecule has 0 aliphatic carbocycles. The fraction of sp³-hybridized carbons (Fsp3) is 0.0769. The van der Waals surface area contributed by atoms with E-state index < -0.39 is 4.92 Å². The van der Waals surface area contributed by atoms with Crippen LogP contribution in [0.2, 0.25) is 0 Å². The Morgan fingerprint density at radius 3 is 2.80 bits per heavy atom. The maximum Gasteiger partial charge on any atom is 0.269 e. The topological polar surface area (TPSA) is 82.6 Å². The molecule has 100 valence electrons. The van der Waals surface area contributed by atoms with Crippen molar-refractivity contribution in [2.24, 2.45) is 0 Å². The predicted molar refractivity (Wildman–Crippen MR) is 70.4 cm³/mol. The van der Waals surface area contributed by atoms with Gasteiger partial charge in [-0.1, -0.05) is 0 Å². The van der Waals surface area contributed by atoms with E-state index in [1.807, 2.05) is 18.5 Å². The summed E-state index contributed by atoms with van der Waals surface area (Å²) in [4.78, 5) is 18.5. The molecule has 0 N–H and O–H groups in total. The smallest absolute Gasteiger partial charge is 0.269 e. The number of benzene rings is 1. The molecule has 0 aliphatic heterocycles. The second-order valence-electron chi connectivity index (χ2n) is 4.10. The van der Waals surface area contributed by atoms with Crippen LogP contribution < -0.4 is 4.74 Å². The van der Waals surface area contributed by atoms with Gasteiger partial charge in [-0.3, -0.25) is 14.5 Å². The van der Waals surface area contributed by atoms with Crippen molar-refractivity contribution >= 4 is 11.5 Å². The van der Waals surface area contributed by atoms with Gasteiger partial charge in [0, 0.05) is 30.7 Å². The molecule has 0 unspecified atom stereocenters. The molecule has 7 nitrogen and oxygen atoms in total. The predicted octanol–water partition coefficient (Wildman–Crippen LogP) is 2.22. The van der Waals surface area contributed by atoms with Gasteiger partial charge in [-0.25, -0.2) is 9.97 Å². The molecule has 0 aliphatic rings. The summed E-state index contributed by atoms with van der Waals surface area (Å²) in [5, 5.41) is 10.5. The van der Waals surface area contributed by atoms with Crippen molar-refractivity contribution < 1.29 is 9.66 Å². The number of hydrogen-bond acceptors (Lipinski definition) is 5. The van der Waals surface area contributed by atoms with Crippen LogP contribution in [0.5, 0.6) is 5.75 Å². The molecule has 0 saturated heterocycles. The van der Waals surface area contributed by atoms with E-state index in [0.29, 0.717) is 11.5 Å². The van der Waals surface area contributed by atoms with Gasteiger partial charge in [0.25, 0.3) is 5.69 Å². The Bertz CT molecular complexity index is 719. The Morgan fingerprint density at radius 1 is 1.30 bits per heavy atom. The molecule has 0 bridgehead atoms. The highest BCUT2D eigenvalue weighted by atomic mass is 16.6. The molecule has 7 heteroatoms. The summed E-state index contributed by atoms with van der Waals surface area (Å²) >= 11 is 0. The fourth-order valence-electron chi connectivity index (χ4n) is 1.77. The van der Waals surface area contributed by atoms with Crippen molar-refractivity contribution in [1.82, 2.24) is 14.4 Å². The van der Waals surface area contributed by atoms with Gasteiger partial charge in [-0.15, -0.1) is 0 Å². The molecule has 0 amide bonds. The zero-order valence-corrected chi connectivity index (χ0v) is 10.3. The standard InChI is InChI=1S/C13H10N4O3/c18-17(19)11-2-4-12(5-3-11)20-9-10-8-16-7-1-6-14-13(16)15-10/h1-8H,9H2. The first-order valence-electron chi connectivity index (χ1n) is 5.88. The zero-order chi connectivity index (χ0) is 13.9. The van der Waals surface area contributed by atoms with Crippen molar-refractivity contribution in [1.29, 1.82) is 0 Å². The third-order valence-corrected chi connectivity index (χ3v) is 2.72. The Kier molecular flexibility index (Phi) is 3.00. The molecule has 0 saturated carbocycles. The quantitative estimate of drug-likeness (QED) is 0.536. The van der Waals surface area contributed by atoms with Gasteiger partial charge in [0.2, 0.25) is 5.78 Å². The van der Waals surface area contributed by atoms with E-state index in [1.165, 1.54) is 12.1 Å². The molecule has 0 spiro atoms. The van der Waals surface area contributed by atoms with Crippen molar-refractivity contribution in [3.05, 3.63) is 64.7 Å². The highest BCUT2D eigenvalue weighted by Gasteiger charge is 2.06. The van der Waals surface area contributed by atoms with Crippen LogP contribution >= 0.6 is 0 Å². The van der Waals surface area contributed by atoms with E-state index in [2.05, 4.69) is 9.97 Å². The average Bonchev–Trinajstić information content (AvgIpc) is 2.88. The summed E-state index contributed by atoms with van der Waals surface area (Å²) in [6, 6.07) is 7.75. The van der Waals surface area contributed by atoms with Gasteiger partial charge >= 0.3 is 0 Å². The molecule has 2 aromatic heterocycles. The van der Waals surface area contributed by atoms with Gasteiger partial charge in [-0.2, -0.15) is 0 Å². The normalized spacial score (nSPS) is 10.6. The number of nitro benzene ring substituents is 1. The first-order valence-corrected chi connectivity index (χ1v) is 5.88. The summed E-state index contributed by atoms with van der Waals surface area (Å²) in [5.41, 5.74) is 0.774. The third-order valence-electron chi connectivity index (χ3n) is 2.72. The Labute approximate surface area is 113 Å². The van der Waals surface area contributed by atoms with Crippen molar-refractivity contribution in [3.63, 3.8) is 0 Å². The first kappa shape index (κ1) is 12.1. The van der Waals surface area contributed by atoms with Gasteiger partial charge < -0.3 is 4.74 Å². The lowest BCUT2D eigenvalue weighted by Crippen LogP contribution is -1.96. The van der Waals surface area contributed by atoms with E-state index >= 15 is 0 Å². The van der Waals surface area contributed by atoms with Gasteiger partial charge in [-0.05, 0) is 18.2 Å². The Balaban J connectivity index is 1.71. The number of aromatic nitrogens is 3. The fourth-order valence-corrected chi connectivity index (χ4v) is 1.77. The molecular weight excluding hydrogens is 260 g/mol. The summed E-state index contributed by atoms with van der Waals surface area (Å²) in [6.45, 7) is 0.279. The maximum atomic E-state index is 10.5. The molecule has 3 aromatic rings. The number of nitrogens with zero attached hydrogens (tertiary/aromatic N) is 4. The lowest BCUT2D eigenvalue weighted by atomic mass is 10.3. The second-order valence-corrected chi connectivity index (χ2v) is 4.10. The van der Waals surface area contributed by atoms with Crippen LogP contribution in [0, 0.1) is 10.1 Å². The minimum absolute atomic E-state index is 0.0364. The zero-order valence-electron chi connectivity index (χ0n) is 10.3. The molecule has 20 heavy (non-hydrogen) atoms. The van der Waals surface area contributed by atoms with Crippen molar-refractivity contribution in [2.75, 3.05) is 0 Å². The van der Waals surface area contributed by atoms with Gasteiger partial charge in [0.05, 0.1) is 10.6 Å². The summed E-state index contributed by atoms with van der Waals surface area (Å²) in [5.74, 6) is 1.16. The largest absolute Gasteiger partial charge is 0.487 e. The highest BCUT2D eigenvalue weighted by molar-refractivity contribution is 5.36. The van der Waals surface area contributed by atoms with Crippen LogP contribution in [-0.2, 0) is 6.61 Å². The molecule has 0 fully saturated rings. The molecule has 0 radical (unpaired) electrons. The molecule has 3 rings (SSSR count). The number of non-ortho nitro benzene ring substituents is 1. The highest BCUT2D eigenvalue weighted by Crippen LogP contribution is 2.18. The lowest BCUT2D eigenvalue weighted by molar-refractivity contribution is -0.384. The van der Waals surface area contributed by atoms with Crippen LogP contribution in [0.4, 0.5) is 5.69 Å². The van der Waals surface area contributed by atoms with E-state index in [1.54, 1.807) is 22.7 Å². The third kappa shape index (κ3) is 2.41. The number of ether oxygens (including phenoxy) is 1. The number of imidazole rings is 1. The summed E-state index contributed by atoms with van der Waals surface area (Å²) in [7, 11) is 0. The SMILES string of the molecule is O=[N+]([O-])c1ccc(OCc2cn3cccnc3n2)cc1. The molecule has 0 atom stereocenters. The van der Waals surface area contributed by atoms with Crippen LogP contribution in [0.1, 0.15) is 5.69 Å². The van der Waals surface area contributed by atoms with E-state index in [0.717, 1.165) is 5.69 Å². The summed E-state index contributed by atoms with van der Waals surface area (Å²) in [6.07, 6.45) is 5.35. The van der Waals surface area contributed by atoms with Crippen molar-refractivity contribution in [3.8, 4) is 5.75 Å². The number of nitro groups is 1.